The largest absolute Gasteiger partial charge is 0.468 e. The lowest BCUT2D eigenvalue weighted by Gasteiger charge is -2.33. The van der Waals surface area contributed by atoms with E-state index in [-0.39, 0.29) is 5.97 Å². The highest BCUT2D eigenvalue weighted by Crippen LogP contribution is 2.54. The number of fused-ring (bicyclic) bond motifs is 2. The highest BCUT2D eigenvalue weighted by molar-refractivity contribution is 5.85. The molecule has 1 aromatic rings. The quantitative estimate of drug-likeness (QED) is 0.574. The first-order valence-corrected chi connectivity index (χ1v) is 6.09. The number of benzene rings is 1. The first-order chi connectivity index (χ1) is 8.27. The molecule has 2 nitrogen and oxygen atoms in total. The highest BCUT2D eigenvalue weighted by Gasteiger charge is 2.55. The number of hydrogen-bond donors (Lipinski definition) is 0. The van der Waals surface area contributed by atoms with E-state index in [2.05, 4.69) is 12.2 Å². The van der Waals surface area contributed by atoms with Gasteiger partial charge in [0.1, 0.15) is 0 Å². The molecule has 0 radical (unpaired) electrons. The van der Waals surface area contributed by atoms with Gasteiger partial charge < -0.3 is 4.74 Å². The Hall–Kier alpha value is -1.57. The van der Waals surface area contributed by atoms with Crippen molar-refractivity contribution in [1.29, 1.82) is 0 Å². The summed E-state index contributed by atoms with van der Waals surface area (Å²) in [7, 11) is 1.49. The fourth-order valence-electron chi connectivity index (χ4n) is 3.46. The molecule has 3 atom stereocenters. The molecular weight excluding hydrogens is 212 g/mol. The predicted molar refractivity (Wildman–Crippen MR) is 65.5 cm³/mol. The Labute approximate surface area is 101 Å². The van der Waals surface area contributed by atoms with E-state index in [1.807, 2.05) is 30.3 Å². The van der Waals surface area contributed by atoms with Gasteiger partial charge in [-0.25, -0.2) is 0 Å². The van der Waals surface area contributed by atoms with Crippen molar-refractivity contribution in [2.75, 3.05) is 7.11 Å². The molecule has 2 heteroatoms. The lowest BCUT2D eigenvalue weighted by atomic mass is 9.70. The van der Waals surface area contributed by atoms with Crippen LogP contribution in [-0.4, -0.2) is 13.1 Å². The molecule has 1 fully saturated rings. The maximum Gasteiger partial charge on any atom is 0.316 e. The van der Waals surface area contributed by atoms with Crippen LogP contribution in [0.3, 0.4) is 0 Å². The van der Waals surface area contributed by atoms with Gasteiger partial charge in [0.2, 0.25) is 0 Å². The Balaban J connectivity index is 2.10. The van der Waals surface area contributed by atoms with Crippen LogP contribution >= 0.6 is 0 Å². The topological polar surface area (TPSA) is 26.3 Å². The van der Waals surface area contributed by atoms with Crippen LogP contribution in [0.5, 0.6) is 0 Å². The summed E-state index contributed by atoms with van der Waals surface area (Å²) in [6, 6.07) is 10.1. The van der Waals surface area contributed by atoms with Gasteiger partial charge >= 0.3 is 5.97 Å². The SMILES string of the molecule is COC(=O)C1(c2ccccc2)CC2C=CC1C2. The zero-order valence-electron chi connectivity index (χ0n) is 9.93. The monoisotopic (exact) mass is 228 g/mol. The molecule has 2 aliphatic carbocycles. The Morgan fingerprint density at radius 2 is 2.06 bits per heavy atom. The Morgan fingerprint density at radius 1 is 1.29 bits per heavy atom. The van der Waals surface area contributed by atoms with Crippen LogP contribution in [0.15, 0.2) is 42.5 Å². The standard InChI is InChI=1S/C15H16O2/c1-17-14(16)15(12-5-3-2-4-6-12)10-11-7-8-13(15)9-11/h2-8,11,13H,9-10H2,1H3. The first-order valence-electron chi connectivity index (χ1n) is 6.09. The van der Waals surface area contributed by atoms with E-state index in [1.165, 1.54) is 7.11 Å². The van der Waals surface area contributed by atoms with E-state index in [9.17, 15) is 4.79 Å². The van der Waals surface area contributed by atoms with Crippen molar-refractivity contribution in [2.45, 2.75) is 18.3 Å². The van der Waals surface area contributed by atoms with Gasteiger partial charge in [-0.2, -0.15) is 0 Å². The van der Waals surface area contributed by atoms with Crippen molar-refractivity contribution in [1.82, 2.24) is 0 Å². The maximum absolute atomic E-state index is 12.3. The van der Waals surface area contributed by atoms with Crippen LogP contribution in [-0.2, 0) is 14.9 Å². The minimum absolute atomic E-state index is 0.0828. The van der Waals surface area contributed by atoms with E-state index < -0.39 is 5.41 Å². The minimum atomic E-state index is -0.435. The number of carbonyl (C=O) groups is 1. The van der Waals surface area contributed by atoms with E-state index in [4.69, 9.17) is 4.74 Å². The molecule has 17 heavy (non-hydrogen) atoms. The average molecular weight is 228 g/mol. The van der Waals surface area contributed by atoms with Crippen molar-refractivity contribution in [3.05, 3.63) is 48.0 Å². The number of allylic oxidation sites excluding steroid dienone is 2. The molecule has 0 saturated heterocycles. The number of methoxy groups -OCH3 is 1. The van der Waals surface area contributed by atoms with E-state index in [0.29, 0.717) is 11.8 Å². The Kier molecular flexibility index (Phi) is 2.32. The normalized spacial score (nSPS) is 33.9. The Bertz CT molecular complexity index is 463. The van der Waals surface area contributed by atoms with Crippen molar-refractivity contribution in [2.24, 2.45) is 11.8 Å². The molecule has 0 aromatic heterocycles. The van der Waals surface area contributed by atoms with Crippen molar-refractivity contribution in [3.8, 4) is 0 Å². The third-order valence-corrected chi connectivity index (χ3v) is 4.23. The fourth-order valence-corrected chi connectivity index (χ4v) is 3.46. The van der Waals surface area contributed by atoms with Crippen LogP contribution in [0.2, 0.25) is 0 Å². The molecule has 1 saturated carbocycles. The first kappa shape index (κ1) is 10.6. The second-order valence-corrected chi connectivity index (χ2v) is 5.02. The molecule has 0 aliphatic heterocycles. The summed E-state index contributed by atoms with van der Waals surface area (Å²) >= 11 is 0. The number of rotatable bonds is 2. The predicted octanol–water partition coefficient (Wildman–Crippen LogP) is 2.69. The molecule has 2 bridgehead atoms. The molecule has 88 valence electrons. The lowest BCUT2D eigenvalue weighted by molar-refractivity contribution is -0.148. The maximum atomic E-state index is 12.3. The fraction of sp³-hybridized carbons (Fsp3) is 0.400. The van der Waals surface area contributed by atoms with E-state index >= 15 is 0 Å². The van der Waals surface area contributed by atoms with Gasteiger partial charge in [0.05, 0.1) is 12.5 Å². The summed E-state index contributed by atoms with van der Waals surface area (Å²) in [5.74, 6) is 0.766. The summed E-state index contributed by atoms with van der Waals surface area (Å²) in [6.07, 6.45) is 6.42. The lowest BCUT2D eigenvalue weighted by Crippen LogP contribution is -2.40. The second kappa shape index (κ2) is 3.73. The van der Waals surface area contributed by atoms with Crippen molar-refractivity contribution in [3.63, 3.8) is 0 Å². The van der Waals surface area contributed by atoms with Gasteiger partial charge in [-0.3, -0.25) is 4.79 Å². The van der Waals surface area contributed by atoms with Crippen molar-refractivity contribution < 1.29 is 9.53 Å². The highest BCUT2D eigenvalue weighted by atomic mass is 16.5. The van der Waals surface area contributed by atoms with Gasteiger partial charge in [0, 0.05) is 0 Å². The van der Waals surface area contributed by atoms with Gasteiger partial charge in [-0.15, -0.1) is 0 Å². The van der Waals surface area contributed by atoms with Gasteiger partial charge in [0.25, 0.3) is 0 Å². The van der Waals surface area contributed by atoms with E-state index in [0.717, 1.165) is 18.4 Å². The average Bonchev–Trinajstić information content (AvgIpc) is 2.99. The van der Waals surface area contributed by atoms with Gasteiger partial charge in [-0.05, 0) is 30.2 Å². The summed E-state index contributed by atoms with van der Waals surface area (Å²) in [6.45, 7) is 0. The third kappa shape index (κ3) is 1.36. The van der Waals surface area contributed by atoms with E-state index in [1.54, 1.807) is 0 Å². The molecule has 0 N–H and O–H groups in total. The van der Waals surface area contributed by atoms with Crippen molar-refractivity contribution >= 4 is 5.97 Å². The molecule has 3 rings (SSSR count). The summed E-state index contributed by atoms with van der Waals surface area (Å²) in [5, 5.41) is 0. The van der Waals surface area contributed by atoms with Crippen LogP contribution in [0, 0.1) is 11.8 Å². The summed E-state index contributed by atoms with van der Waals surface area (Å²) in [4.78, 5) is 12.3. The summed E-state index contributed by atoms with van der Waals surface area (Å²) < 4.78 is 5.07. The number of ether oxygens (including phenoxy) is 1. The molecule has 0 heterocycles. The zero-order chi connectivity index (χ0) is 11.9. The zero-order valence-corrected chi connectivity index (χ0v) is 9.93. The minimum Gasteiger partial charge on any atom is -0.468 e. The van der Waals surface area contributed by atoms with Crippen LogP contribution in [0.1, 0.15) is 18.4 Å². The van der Waals surface area contributed by atoms with Crippen LogP contribution in [0.4, 0.5) is 0 Å². The molecule has 3 unspecified atom stereocenters. The molecule has 1 aromatic carbocycles. The molecular formula is C15H16O2. The number of hydrogen-bond acceptors (Lipinski definition) is 2. The molecule has 2 aliphatic rings. The van der Waals surface area contributed by atoms with Crippen LogP contribution in [0.25, 0.3) is 0 Å². The summed E-state index contributed by atoms with van der Waals surface area (Å²) in [5.41, 5.74) is 0.666. The number of carbonyl (C=O) groups excluding carboxylic acids is 1. The molecule has 0 amide bonds. The second-order valence-electron chi connectivity index (χ2n) is 5.02. The number of esters is 1. The third-order valence-electron chi connectivity index (χ3n) is 4.23. The van der Waals surface area contributed by atoms with Gasteiger partial charge in [-0.1, -0.05) is 42.5 Å². The van der Waals surface area contributed by atoms with Gasteiger partial charge in [0.15, 0.2) is 0 Å². The molecule has 0 spiro atoms. The van der Waals surface area contributed by atoms with Crippen LogP contribution < -0.4 is 0 Å². The Morgan fingerprint density at radius 3 is 2.59 bits per heavy atom. The smallest absolute Gasteiger partial charge is 0.316 e.